The van der Waals surface area contributed by atoms with Gasteiger partial charge in [0.1, 0.15) is 0 Å². The van der Waals surface area contributed by atoms with Crippen LogP contribution in [0.4, 0.5) is 8.78 Å². The van der Waals surface area contributed by atoms with Crippen LogP contribution in [0, 0.1) is 18.6 Å². The number of aromatic nitrogens is 2. The molecule has 1 heterocycles. The summed E-state index contributed by atoms with van der Waals surface area (Å²) < 4.78 is 31.0. The van der Waals surface area contributed by atoms with Gasteiger partial charge in [-0.3, -0.25) is 0 Å². The lowest BCUT2D eigenvalue weighted by Gasteiger charge is -2.05. The van der Waals surface area contributed by atoms with Gasteiger partial charge >= 0.3 is 0 Å². The Bertz CT molecular complexity index is 528. The lowest BCUT2D eigenvalue weighted by molar-refractivity contribution is 0.387. The van der Waals surface area contributed by atoms with E-state index in [1.807, 2.05) is 0 Å². The van der Waals surface area contributed by atoms with Crippen LogP contribution in [0.1, 0.15) is 17.3 Å². The summed E-state index contributed by atoms with van der Waals surface area (Å²) in [5.41, 5.74) is 0.305. The molecule has 1 N–H and O–H groups in total. The summed E-state index contributed by atoms with van der Waals surface area (Å²) in [7, 11) is 0. The number of benzene rings is 1. The molecule has 0 aliphatic rings. The Balaban J connectivity index is 1.80. The third kappa shape index (κ3) is 3.10. The third-order valence-corrected chi connectivity index (χ3v) is 2.44. The second kappa shape index (κ2) is 5.68. The molecule has 0 saturated carbocycles. The van der Waals surface area contributed by atoms with Crippen LogP contribution in [0.2, 0.25) is 0 Å². The molecule has 2 aromatic rings. The van der Waals surface area contributed by atoms with E-state index >= 15 is 0 Å². The molecule has 0 saturated heterocycles. The molecule has 0 fully saturated rings. The zero-order valence-corrected chi connectivity index (χ0v) is 9.91. The first-order chi connectivity index (χ1) is 8.66. The summed E-state index contributed by atoms with van der Waals surface area (Å²) in [5, 5.41) is 6.73. The van der Waals surface area contributed by atoms with Gasteiger partial charge in [0, 0.05) is 32.0 Å². The number of nitrogens with zero attached hydrogens (tertiary/aromatic N) is 2. The van der Waals surface area contributed by atoms with Crippen LogP contribution < -0.4 is 5.32 Å². The van der Waals surface area contributed by atoms with Gasteiger partial charge in [-0.1, -0.05) is 17.3 Å². The van der Waals surface area contributed by atoms with E-state index in [9.17, 15) is 8.78 Å². The predicted molar refractivity (Wildman–Crippen MR) is 60.8 cm³/mol. The highest BCUT2D eigenvalue weighted by molar-refractivity contribution is 5.18. The molecule has 0 atom stereocenters. The van der Waals surface area contributed by atoms with Crippen molar-refractivity contribution in [1.29, 1.82) is 0 Å². The average molecular weight is 253 g/mol. The molecule has 0 spiro atoms. The van der Waals surface area contributed by atoms with Crippen LogP contribution in [0.25, 0.3) is 0 Å². The van der Waals surface area contributed by atoms with Gasteiger partial charge in [-0.05, 0) is 6.07 Å². The molecular weight excluding hydrogens is 240 g/mol. The smallest absolute Gasteiger partial charge is 0.223 e. The topological polar surface area (TPSA) is 51.0 Å². The molecule has 18 heavy (non-hydrogen) atoms. The number of nitrogens with one attached hydrogen (secondary N) is 1. The number of rotatable bonds is 5. The van der Waals surface area contributed by atoms with E-state index < -0.39 is 11.6 Å². The third-order valence-electron chi connectivity index (χ3n) is 2.44. The van der Waals surface area contributed by atoms with Gasteiger partial charge in [0.25, 0.3) is 0 Å². The van der Waals surface area contributed by atoms with Crippen LogP contribution in [0.15, 0.2) is 22.7 Å². The largest absolute Gasteiger partial charge is 0.340 e. The Labute approximate surface area is 103 Å². The van der Waals surface area contributed by atoms with Gasteiger partial charge in [-0.25, -0.2) is 8.78 Å². The maximum absolute atomic E-state index is 13.3. The summed E-state index contributed by atoms with van der Waals surface area (Å²) in [6, 6.07) is 4.13. The number of hydrogen-bond donors (Lipinski definition) is 1. The molecule has 96 valence electrons. The van der Waals surface area contributed by atoms with Gasteiger partial charge in [0.15, 0.2) is 17.5 Å². The summed E-state index contributed by atoms with van der Waals surface area (Å²) in [6.07, 6.45) is 0.578. The fraction of sp³-hybridized carbons (Fsp3) is 0.333. The van der Waals surface area contributed by atoms with E-state index in [0.29, 0.717) is 30.2 Å². The quantitative estimate of drug-likeness (QED) is 0.828. The van der Waals surface area contributed by atoms with E-state index in [0.717, 1.165) is 6.07 Å². The van der Waals surface area contributed by atoms with Crippen LogP contribution in [0.3, 0.4) is 0 Å². The van der Waals surface area contributed by atoms with Crippen LogP contribution in [-0.4, -0.2) is 16.7 Å². The molecule has 0 unspecified atom stereocenters. The first-order valence-electron chi connectivity index (χ1n) is 5.59. The van der Waals surface area contributed by atoms with Gasteiger partial charge < -0.3 is 9.84 Å². The van der Waals surface area contributed by atoms with Gasteiger partial charge in [-0.2, -0.15) is 4.98 Å². The van der Waals surface area contributed by atoms with E-state index in [-0.39, 0.29) is 6.54 Å². The first-order valence-corrected chi connectivity index (χ1v) is 5.59. The predicted octanol–water partition coefficient (Wildman–Crippen LogP) is 1.99. The number of hydrogen-bond acceptors (Lipinski definition) is 4. The molecule has 4 nitrogen and oxygen atoms in total. The van der Waals surface area contributed by atoms with Gasteiger partial charge in [-0.15, -0.1) is 0 Å². The minimum Gasteiger partial charge on any atom is -0.340 e. The second-order valence-electron chi connectivity index (χ2n) is 3.87. The van der Waals surface area contributed by atoms with Crippen molar-refractivity contribution in [1.82, 2.24) is 15.5 Å². The molecule has 0 bridgehead atoms. The van der Waals surface area contributed by atoms with Crippen LogP contribution >= 0.6 is 0 Å². The highest BCUT2D eigenvalue weighted by Crippen LogP contribution is 2.10. The molecular formula is C12H13F2N3O. The van der Waals surface area contributed by atoms with Crippen molar-refractivity contribution in [3.8, 4) is 0 Å². The van der Waals surface area contributed by atoms with Gasteiger partial charge in [0.2, 0.25) is 5.89 Å². The maximum atomic E-state index is 13.3. The van der Waals surface area contributed by atoms with Crippen molar-refractivity contribution >= 4 is 0 Å². The lowest BCUT2D eigenvalue weighted by atomic mass is 10.2. The Morgan fingerprint density at radius 2 is 2.17 bits per heavy atom. The Morgan fingerprint density at radius 1 is 1.33 bits per heavy atom. The standard InChI is InChI=1S/C12H13F2N3O/c1-8-16-11(17-18-8)5-6-15-7-9-3-2-4-10(13)12(9)14/h2-4,15H,5-7H2,1H3. The fourth-order valence-electron chi connectivity index (χ4n) is 1.55. The van der Waals surface area contributed by atoms with Crippen molar-refractivity contribution in [3.05, 3.63) is 47.1 Å². The lowest BCUT2D eigenvalue weighted by Crippen LogP contribution is -2.18. The minimum atomic E-state index is -0.830. The summed E-state index contributed by atoms with van der Waals surface area (Å²) >= 11 is 0. The highest BCUT2D eigenvalue weighted by atomic mass is 19.2. The van der Waals surface area contributed by atoms with Crippen LogP contribution in [-0.2, 0) is 13.0 Å². The Hall–Kier alpha value is -1.82. The minimum absolute atomic E-state index is 0.264. The van der Waals surface area contributed by atoms with Crippen molar-refractivity contribution in [2.45, 2.75) is 19.9 Å². The molecule has 0 aliphatic heterocycles. The summed E-state index contributed by atoms with van der Waals surface area (Å²) in [4.78, 5) is 4.04. The van der Waals surface area contributed by atoms with E-state index in [1.165, 1.54) is 6.07 Å². The zero-order valence-electron chi connectivity index (χ0n) is 9.91. The van der Waals surface area contributed by atoms with Crippen molar-refractivity contribution in [2.75, 3.05) is 6.54 Å². The van der Waals surface area contributed by atoms with Gasteiger partial charge in [0.05, 0.1) is 0 Å². The Kier molecular flexibility index (Phi) is 3.99. The molecule has 1 aromatic heterocycles. The molecule has 0 amide bonds. The molecule has 2 rings (SSSR count). The molecule has 6 heteroatoms. The van der Waals surface area contributed by atoms with Crippen molar-refractivity contribution in [2.24, 2.45) is 0 Å². The number of halogens is 2. The second-order valence-corrected chi connectivity index (χ2v) is 3.87. The van der Waals surface area contributed by atoms with E-state index in [2.05, 4.69) is 15.5 Å². The maximum Gasteiger partial charge on any atom is 0.223 e. The SMILES string of the molecule is Cc1nc(CCNCc2cccc(F)c2F)no1. The fourth-order valence-corrected chi connectivity index (χ4v) is 1.55. The summed E-state index contributed by atoms with van der Waals surface area (Å²) in [6.45, 7) is 2.54. The molecule has 0 radical (unpaired) electrons. The molecule has 0 aliphatic carbocycles. The van der Waals surface area contributed by atoms with E-state index in [4.69, 9.17) is 4.52 Å². The Morgan fingerprint density at radius 3 is 2.89 bits per heavy atom. The van der Waals surface area contributed by atoms with Crippen LogP contribution in [0.5, 0.6) is 0 Å². The summed E-state index contributed by atoms with van der Waals surface area (Å²) in [5.74, 6) is -0.524. The normalized spacial score (nSPS) is 10.8. The average Bonchev–Trinajstić information content (AvgIpc) is 2.76. The zero-order chi connectivity index (χ0) is 13.0. The van der Waals surface area contributed by atoms with Crippen molar-refractivity contribution in [3.63, 3.8) is 0 Å². The first kappa shape index (κ1) is 12.6. The van der Waals surface area contributed by atoms with Crippen molar-refractivity contribution < 1.29 is 13.3 Å². The van der Waals surface area contributed by atoms with E-state index in [1.54, 1.807) is 13.0 Å². The number of aryl methyl sites for hydroxylation is 1. The monoisotopic (exact) mass is 253 g/mol. The molecule has 1 aromatic carbocycles. The highest BCUT2D eigenvalue weighted by Gasteiger charge is 2.07.